The molecule has 2 saturated carbocycles. The van der Waals surface area contributed by atoms with E-state index in [1.54, 1.807) is 0 Å². The normalized spacial score (nSPS) is 32.0. The Morgan fingerprint density at radius 3 is 2.29 bits per heavy atom. The Balaban J connectivity index is 0.00000144. The van der Waals surface area contributed by atoms with Gasteiger partial charge in [0.15, 0.2) is 0 Å². The minimum absolute atomic E-state index is 0. The Morgan fingerprint density at radius 2 is 1.71 bits per heavy atom. The number of fused-ring (bicyclic) bond motifs is 2. The van der Waals surface area contributed by atoms with Crippen LogP contribution in [0.25, 0.3) is 0 Å². The van der Waals surface area contributed by atoms with Crippen molar-refractivity contribution in [2.75, 3.05) is 39.8 Å². The number of piperazine rings is 1. The molecule has 3 rings (SSSR count). The van der Waals surface area contributed by atoms with Crippen molar-refractivity contribution in [1.29, 1.82) is 0 Å². The number of likely N-dealkylation sites (N-methyl/N-ethyl adjacent to an activating group) is 1. The van der Waals surface area contributed by atoms with Crippen LogP contribution in [0.4, 0.5) is 0 Å². The number of nitrogens with zero attached hydrogens (tertiary/aromatic N) is 2. The maximum absolute atomic E-state index is 12.3. The van der Waals surface area contributed by atoms with E-state index in [9.17, 15) is 9.59 Å². The van der Waals surface area contributed by atoms with Crippen molar-refractivity contribution in [3.63, 3.8) is 0 Å². The molecule has 3 N–H and O–H groups in total. The first-order valence-electron chi connectivity index (χ1n) is 8.56. The van der Waals surface area contributed by atoms with Gasteiger partial charge in [0.25, 0.3) is 0 Å². The fourth-order valence-electron chi connectivity index (χ4n) is 4.35. The summed E-state index contributed by atoms with van der Waals surface area (Å²) in [4.78, 5) is 28.6. The van der Waals surface area contributed by atoms with Crippen LogP contribution in [0.15, 0.2) is 0 Å². The van der Waals surface area contributed by atoms with Crippen LogP contribution in [0.1, 0.15) is 25.7 Å². The highest BCUT2D eigenvalue weighted by Crippen LogP contribution is 2.47. The maximum atomic E-state index is 12.3. The van der Waals surface area contributed by atoms with Gasteiger partial charge in [-0.25, -0.2) is 0 Å². The van der Waals surface area contributed by atoms with Crippen molar-refractivity contribution in [2.24, 2.45) is 23.5 Å². The van der Waals surface area contributed by atoms with Gasteiger partial charge in [-0.3, -0.25) is 9.59 Å². The van der Waals surface area contributed by atoms with Gasteiger partial charge in [0, 0.05) is 45.2 Å². The molecule has 2 amide bonds. The Bertz CT molecular complexity index is 442. The first kappa shape index (κ1) is 21.5. The number of halogens is 2. The second kappa shape index (κ2) is 9.22. The maximum Gasteiger partial charge on any atom is 0.224 e. The second-order valence-corrected chi connectivity index (χ2v) is 7.16. The summed E-state index contributed by atoms with van der Waals surface area (Å²) in [6.07, 6.45) is 3.82. The van der Waals surface area contributed by atoms with E-state index in [1.165, 1.54) is 6.42 Å². The van der Waals surface area contributed by atoms with Crippen LogP contribution in [-0.4, -0.2) is 67.4 Å². The summed E-state index contributed by atoms with van der Waals surface area (Å²) >= 11 is 0. The van der Waals surface area contributed by atoms with Gasteiger partial charge in [-0.2, -0.15) is 0 Å². The van der Waals surface area contributed by atoms with Gasteiger partial charge in [0.1, 0.15) is 0 Å². The lowest BCUT2D eigenvalue weighted by Gasteiger charge is -2.32. The van der Waals surface area contributed by atoms with Gasteiger partial charge in [-0.1, -0.05) is 0 Å². The first-order valence-corrected chi connectivity index (χ1v) is 8.56. The van der Waals surface area contributed by atoms with E-state index >= 15 is 0 Å². The van der Waals surface area contributed by atoms with Gasteiger partial charge in [-0.15, -0.1) is 24.8 Å². The van der Waals surface area contributed by atoms with Crippen LogP contribution < -0.4 is 11.1 Å². The van der Waals surface area contributed by atoms with E-state index in [0.717, 1.165) is 39.0 Å². The van der Waals surface area contributed by atoms with Crippen molar-refractivity contribution >= 4 is 36.6 Å². The third kappa shape index (κ3) is 4.54. The SMILES string of the molecule is CN1CCN(C(=O)CCNC(=O)C2C3CCC(C3)C2N)CC1.Cl.Cl. The van der Waals surface area contributed by atoms with Crippen molar-refractivity contribution in [3.8, 4) is 0 Å². The van der Waals surface area contributed by atoms with Gasteiger partial charge < -0.3 is 20.9 Å². The molecule has 0 aromatic rings. The lowest BCUT2D eigenvalue weighted by atomic mass is 9.84. The summed E-state index contributed by atoms with van der Waals surface area (Å²) in [5.41, 5.74) is 6.19. The minimum atomic E-state index is -0.0301. The molecule has 3 fully saturated rings. The van der Waals surface area contributed by atoms with E-state index in [2.05, 4.69) is 17.3 Å². The number of carbonyl (C=O) groups excluding carboxylic acids is 2. The number of nitrogens with two attached hydrogens (primary N) is 1. The van der Waals surface area contributed by atoms with E-state index < -0.39 is 0 Å². The Hall–Kier alpha value is -0.560. The van der Waals surface area contributed by atoms with Crippen LogP contribution in [-0.2, 0) is 9.59 Å². The molecular formula is C16H30Cl2N4O2. The first-order chi connectivity index (χ1) is 10.6. The fourth-order valence-corrected chi connectivity index (χ4v) is 4.35. The van der Waals surface area contributed by atoms with E-state index in [-0.39, 0.29) is 48.6 Å². The zero-order chi connectivity index (χ0) is 15.7. The van der Waals surface area contributed by atoms with Gasteiger partial charge in [0.05, 0.1) is 5.92 Å². The molecule has 6 nitrogen and oxygen atoms in total. The minimum Gasteiger partial charge on any atom is -0.355 e. The summed E-state index contributed by atoms with van der Waals surface area (Å²) < 4.78 is 0. The van der Waals surface area contributed by atoms with Crippen LogP contribution in [0.5, 0.6) is 0 Å². The smallest absolute Gasteiger partial charge is 0.224 e. The molecule has 2 aliphatic carbocycles. The number of carbonyl (C=O) groups is 2. The summed E-state index contributed by atoms with van der Waals surface area (Å²) in [5, 5.41) is 2.94. The summed E-state index contributed by atoms with van der Waals surface area (Å²) in [5.74, 6) is 1.18. The second-order valence-electron chi connectivity index (χ2n) is 7.16. The summed E-state index contributed by atoms with van der Waals surface area (Å²) in [6, 6.07) is 0.0204. The highest BCUT2D eigenvalue weighted by Gasteiger charge is 2.48. The molecule has 1 aliphatic heterocycles. The van der Waals surface area contributed by atoms with Crippen LogP contribution in [0.2, 0.25) is 0 Å². The lowest BCUT2D eigenvalue weighted by Crippen LogP contribution is -2.48. The molecule has 2 bridgehead atoms. The van der Waals surface area contributed by atoms with E-state index in [0.29, 0.717) is 24.8 Å². The highest BCUT2D eigenvalue weighted by atomic mass is 35.5. The number of rotatable bonds is 4. The molecule has 0 spiro atoms. The van der Waals surface area contributed by atoms with E-state index in [1.807, 2.05) is 4.90 Å². The number of amides is 2. The van der Waals surface area contributed by atoms with Gasteiger partial charge >= 0.3 is 0 Å². The molecule has 4 unspecified atom stereocenters. The Kier molecular flexibility index (Phi) is 8.26. The zero-order valence-corrected chi connectivity index (χ0v) is 15.9. The standard InChI is InChI=1S/C16H28N4O2.2ClH/c1-19-6-8-20(9-7-19)13(21)4-5-18-16(22)14-11-2-3-12(10-11)15(14)17;;/h11-12,14-15H,2-10,17H2,1H3,(H,18,22);2*1H. The van der Waals surface area contributed by atoms with Crippen LogP contribution in [0, 0.1) is 17.8 Å². The third-order valence-electron chi connectivity index (χ3n) is 5.78. The van der Waals surface area contributed by atoms with Crippen LogP contribution >= 0.6 is 24.8 Å². The average Bonchev–Trinajstić information content (AvgIpc) is 3.08. The predicted octanol–water partition coefficient (Wildman–Crippen LogP) is 0.484. The number of hydrogen-bond donors (Lipinski definition) is 2. The highest BCUT2D eigenvalue weighted by molar-refractivity contribution is 5.85. The Labute approximate surface area is 156 Å². The van der Waals surface area contributed by atoms with E-state index in [4.69, 9.17) is 5.73 Å². The largest absolute Gasteiger partial charge is 0.355 e. The molecule has 1 saturated heterocycles. The molecule has 0 aromatic carbocycles. The monoisotopic (exact) mass is 380 g/mol. The topological polar surface area (TPSA) is 78.7 Å². The van der Waals surface area contributed by atoms with Crippen molar-refractivity contribution < 1.29 is 9.59 Å². The number of hydrogen-bond acceptors (Lipinski definition) is 4. The Morgan fingerprint density at radius 1 is 1.08 bits per heavy atom. The molecule has 140 valence electrons. The molecule has 3 aliphatic rings. The predicted molar refractivity (Wildman–Crippen MR) is 98.5 cm³/mol. The zero-order valence-electron chi connectivity index (χ0n) is 14.3. The number of nitrogens with one attached hydrogen (secondary N) is 1. The summed E-state index contributed by atoms with van der Waals surface area (Å²) in [7, 11) is 2.07. The molecule has 8 heteroatoms. The lowest BCUT2D eigenvalue weighted by molar-refractivity contribution is -0.133. The molecule has 24 heavy (non-hydrogen) atoms. The van der Waals surface area contributed by atoms with Crippen LogP contribution in [0.3, 0.4) is 0 Å². The molecule has 0 aromatic heterocycles. The van der Waals surface area contributed by atoms with Crippen molar-refractivity contribution in [1.82, 2.24) is 15.1 Å². The fraction of sp³-hybridized carbons (Fsp3) is 0.875. The molecule has 0 radical (unpaired) electrons. The average molecular weight is 381 g/mol. The molecule has 4 atom stereocenters. The molecular weight excluding hydrogens is 351 g/mol. The third-order valence-corrected chi connectivity index (χ3v) is 5.78. The van der Waals surface area contributed by atoms with Crippen molar-refractivity contribution in [2.45, 2.75) is 31.7 Å². The molecule has 1 heterocycles. The van der Waals surface area contributed by atoms with Gasteiger partial charge in [0.2, 0.25) is 11.8 Å². The summed E-state index contributed by atoms with van der Waals surface area (Å²) in [6.45, 7) is 3.88. The van der Waals surface area contributed by atoms with Crippen molar-refractivity contribution in [3.05, 3.63) is 0 Å². The quantitative estimate of drug-likeness (QED) is 0.743. The van der Waals surface area contributed by atoms with Gasteiger partial charge in [-0.05, 0) is 38.1 Å².